The van der Waals surface area contributed by atoms with Gasteiger partial charge in [0, 0.05) is 26.2 Å². The van der Waals surface area contributed by atoms with Crippen LogP contribution in [0.4, 0.5) is 0 Å². The normalized spacial score (nSPS) is 14.7. The molecule has 0 aliphatic carbocycles. The Hall–Kier alpha value is -3.56. The Morgan fingerprint density at radius 1 is 1.00 bits per heavy atom. The van der Waals surface area contributed by atoms with E-state index in [-0.39, 0.29) is 24.3 Å². The molecule has 0 spiro atoms. The van der Waals surface area contributed by atoms with Crippen molar-refractivity contribution in [1.29, 1.82) is 0 Å². The molecule has 0 bridgehead atoms. The zero-order valence-corrected chi connectivity index (χ0v) is 27.3. The second-order valence-corrected chi connectivity index (χ2v) is 12.2. The van der Waals surface area contributed by atoms with Gasteiger partial charge in [-0.1, -0.05) is 71.6 Å². The van der Waals surface area contributed by atoms with Gasteiger partial charge in [0.05, 0.1) is 29.5 Å². The molecule has 1 aliphatic rings. The van der Waals surface area contributed by atoms with Crippen LogP contribution in [0.3, 0.4) is 0 Å². The first-order chi connectivity index (χ1) is 21.2. The summed E-state index contributed by atoms with van der Waals surface area (Å²) in [7, 11) is 1.53. The molecular formula is C33H29Cl3N2O5S. The molecule has 1 atom stereocenters. The van der Waals surface area contributed by atoms with E-state index in [0.717, 1.165) is 12.0 Å². The number of fused-ring (bicyclic) bond motifs is 1. The Balaban J connectivity index is 1.70. The number of nitrogens with zero attached hydrogens (tertiary/aromatic N) is 2. The minimum atomic E-state index is -0.874. The van der Waals surface area contributed by atoms with Crippen LogP contribution in [0.1, 0.15) is 49.4 Å². The quantitative estimate of drug-likeness (QED) is 0.168. The molecule has 0 amide bonds. The molecule has 228 valence electrons. The number of hydrogen-bond donors (Lipinski definition) is 0. The third kappa shape index (κ3) is 6.74. The van der Waals surface area contributed by atoms with Crippen molar-refractivity contribution in [2.24, 2.45) is 4.99 Å². The highest BCUT2D eigenvalue weighted by atomic mass is 35.5. The summed E-state index contributed by atoms with van der Waals surface area (Å²) in [6, 6.07) is 16.8. The highest BCUT2D eigenvalue weighted by Crippen LogP contribution is 2.38. The molecule has 3 aromatic carbocycles. The molecule has 5 rings (SSSR count). The average molecular weight is 672 g/mol. The second-order valence-electron chi connectivity index (χ2n) is 9.90. The molecule has 11 heteroatoms. The van der Waals surface area contributed by atoms with Gasteiger partial charge in [-0.15, -0.1) is 0 Å². The topological polar surface area (TPSA) is 79.1 Å². The number of hydrogen-bond acceptors (Lipinski definition) is 7. The van der Waals surface area contributed by atoms with Crippen LogP contribution in [0.2, 0.25) is 15.1 Å². The number of methoxy groups -OCH3 is 1. The molecule has 2 heterocycles. The number of halogens is 3. The number of ether oxygens (including phenoxy) is 3. The zero-order chi connectivity index (χ0) is 31.4. The van der Waals surface area contributed by atoms with Gasteiger partial charge in [0.1, 0.15) is 24.1 Å². The lowest BCUT2D eigenvalue weighted by atomic mass is 9.93. The SMILES string of the molecule is CCCC1=C(C(=O)OCC)[C@H](c2cc(Cl)ccc2OC)n2c(s/c(=C/c3cc(Cl)ccc3OCc3cccc(Cl)c3)c2=O)=N1. The summed E-state index contributed by atoms with van der Waals surface area (Å²) in [4.78, 5) is 33.0. The fourth-order valence-electron chi connectivity index (χ4n) is 5.03. The number of allylic oxidation sites excluding steroid dienone is 1. The predicted octanol–water partition coefficient (Wildman–Crippen LogP) is 7.13. The number of benzene rings is 3. The molecule has 0 saturated heterocycles. The maximum atomic E-state index is 14.2. The summed E-state index contributed by atoms with van der Waals surface area (Å²) in [6.45, 7) is 4.17. The van der Waals surface area contributed by atoms with Crippen LogP contribution in [0, 0.1) is 0 Å². The molecule has 4 aromatic rings. The maximum absolute atomic E-state index is 14.2. The lowest BCUT2D eigenvalue weighted by Gasteiger charge is -2.27. The van der Waals surface area contributed by atoms with E-state index < -0.39 is 12.0 Å². The highest BCUT2D eigenvalue weighted by molar-refractivity contribution is 7.07. The zero-order valence-electron chi connectivity index (χ0n) is 24.2. The third-order valence-corrected chi connectivity index (χ3v) is 8.61. The minimum Gasteiger partial charge on any atom is -0.496 e. The smallest absolute Gasteiger partial charge is 0.338 e. The lowest BCUT2D eigenvalue weighted by Crippen LogP contribution is -2.40. The van der Waals surface area contributed by atoms with E-state index in [0.29, 0.717) is 59.1 Å². The summed E-state index contributed by atoms with van der Waals surface area (Å²) in [6.07, 6.45) is 2.96. The molecule has 0 unspecified atom stereocenters. The van der Waals surface area contributed by atoms with Gasteiger partial charge in [-0.3, -0.25) is 9.36 Å². The molecular weight excluding hydrogens is 643 g/mol. The lowest BCUT2D eigenvalue weighted by molar-refractivity contribution is -0.139. The van der Waals surface area contributed by atoms with Crippen LogP contribution in [0.25, 0.3) is 6.08 Å². The number of thiazole rings is 1. The van der Waals surface area contributed by atoms with E-state index in [2.05, 4.69) is 0 Å². The van der Waals surface area contributed by atoms with E-state index >= 15 is 0 Å². The van der Waals surface area contributed by atoms with Crippen molar-refractivity contribution in [2.45, 2.75) is 39.3 Å². The molecule has 44 heavy (non-hydrogen) atoms. The summed E-state index contributed by atoms with van der Waals surface area (Å²) in [5, 5.41) is 1.52. The molecule has 0 radical (unpaired) electrons. The first kappa shape index (κ1) is 31.9. The number of rotatable bonds is 10. The maximum Gasteiger partial charge on any atom is 0.338 e. The van der Waals surface area contributed by atoms with Crippen LogP contribution in [-0.2, 0) is 16.1 Å². The van der Waals surface area contributed by atoms with Gasteiger partial charge in [-0.25, -0.2) is 9.79 Å². The molecule has 0 fully saturated rings. The third-order valence-electron chi connectivity index (χ3n) is 6.92. The van der Waals surface area contributed by atoms with Crippen LogP contribution in [0.15, 0.2) is 81.7 Å². The van der Waals surface area contributed by atoms with Gasteiger partial charge < -0.3 is 14.2 Å². The van der Waals surface area contributed by atoms with Gasteiger partial charge >= 0.3 is 5.97 Å². The number of aromatic nitrogens is 1. The van der Waals surface area contributed by atoms with E-state index in [4.69, 9.17) is 54.0 Å². The molecule has 7 nitrogen and oxygen atoms in total. The fraction of sp³-hybridized carbons (Fsp3) is 0.242. The summed E-state index contributed by atoms with van der Waals surface area (Å²) >= 11 is 20.2. The molecule has 0 N–H and O–H groups in total. The van der Waals surface area contributed by atoms with E-state index in [9.17, 15) is 9.59 Å². The summed E-state index contributed by atoms with van der Waals surface area (Å²) in [5.74, 6) is 0.458. The summed E-state index contributed by atoms with van der Waals surface area (Å²) < 4.78 is 19.2. The van der Waals surface area contributed by atoms with Crippen molar-refractivity contribution < 1.29 is 19.0 Å². The number of carbonyl (C=O) groups excluding carboxylic acids is 1. The monoisotopic (exact) mass is 670 g/mol. The van der Waals surface area contributed by atoms with Gasteiger partial charge in [0.25, 0.3) is 5.56 Å². The Morgan fingerprint density at radius 2 is 1.73 bits per heavy atom. The fourth-order valence-corrected chi connectivity index (χ4v) is 6.61. The Bertz CT molecular complexity index is 1930. The van der Waals surface area contributed by atoms with Crippen LogP contribution >= 0.6 is 46.1 Å². The number of esters is 1. The largest absolute Gasteiger partial charge is 0.496 e. The van der Waals surface area contributed by atoms with Gasteiger partial charge in [-0.05, 0) is 73.5 Å². The van der Waals surface area contributed by atoms with Crippen LogP contribution in [0.5, 0.6) is 11.5 Å². The Labute approximate surface area is 273 Å². The molecule has 0 saturated carbocycles. The van der Waals surface area contributed by atoms with Gasteiger partial charge in [0.15, 0.2) is 4.80 Å². The van der Waals surface area contributed by atoms with E-state index in [1.165, 1.54) is 23.0 Å². The van der Waals surface area contributed by atoms with E-state index in [1.54, 1.807) is 55.5 Å². The molecule has 1 aromatic heterocycles. The summed E-state index contributed by atoms with van der Waals surface area (Å²) in [5.41, 5.74) is 2.54. The van der Waals surface area contributed by atoms with Crippen LogP contribution in [-0.4, -0.2) is 24.3 Å². The van der Waals surface area contributed by atoms with Crippen molar-refractivity contribution in [3.63, 3.8) is 0 Å². The predicted molar refractivity (Wildman–Crippen MR) is 175 cm³/mol. The standard InChI is InChI=1S/C33H29Cl3N2O5S/c1-4-7-25-29(32(40)42-5-2)30(24-17-23(36)11-13-27(24)41-3)38-31(39)28(44-33(38)37-25)16-20-15-22(35)10-12-26(20)43-18-19-8-6-9-21(34)14-19/h6,8-17,30H,4-5,7,18H2,1-3H3/b28-16+/t30-/m0/s1. The number of carbonyl (C=O) groups is 1. The first-order valence-electron chi connectivity index (χ1n) is 14.0. The van der Waals surface area contributed by atoms with Gasteiger partial charge in [-0.2, -0.15) is 0 Å². The average Bonchev–Trinajstić information content (AvgIpc) is 3.30. The van der Waals surface area contributed by atoms with E-state index in [1.807, 2.05) is 25.1 Å². The van der Waals surface area contributed by atoms with Crippen LogP contribution < -0.4 is 24.4 Å². The Morgan fingerprint density at radius 3 is 2.43 bits per heavy atom. The van der Waals surface area contributed by atoms with Crippen molar-refractivity contribution >= 4 is 58.2 Å². The second kappa shape index (κ2) is 14.0. The molecule has 1 aliphatic heterocycles. The highest BCUT2D eigenvalue weighted by Gasteiger charge is 2.36. The Kier molecular flexibility index (Phi) is 10.2. The van der Waals surface area contributed by atoms with Crippen molar-refractivity contribution in [3.8, 4) is 11.5 Å². The first-order valence-corrected chi connectivity index (χ1v) is 15.9. The van der Waals surface area contributed by atoms with Crippen molar-refractivity contribution in [2.75, 3.05) is 13.7 Å². The minimum absolute atomic E-state index is 0.165. The van der Waals surface area contributed by atoms with Gasteiger partial charge in [0.2, 0.25) is 0 Å². The van der Waals surface area contributed by atoms with Crippen molar-refractivity contribution in [1.82, 2.24) is 4.57 Å². The van der Waals surface area contributed by atoms with Crippen molar-refractivity contribution in [3.05, 3.63) is 123 Å².